The van der Waals surface area contributed by atoms with Crippen LogP contribution in [-0.4, -0.2) is 125 Å². The third kappa shape index (κ3) is 9.85. The van der Waals surface area contributed by atoms with Gasteiger partial charge in [0.15, 0.2) is 17.7 Å². The summed E-state index contributed by atoms with van der Waals surface area (Å²) in [4.78, 5) is 65.6. The Morgan fingerprint density at radius 3 is 2.36 bits per heavy atom. The second-order valence-corrected chi connectivity index (χ2v) is 18.1. The van der Waals surface area contributed by atoms with Gasteiger partial charge in [0.1, 0.15) is 23.9 Å². The number of ketones is 2. The van der Waals surface area contributed by atoms with Gasteiger partial charge in [-0.3, -0.25) is 19.4 Å². The lowest BCUT2D eigenvalue weighted by Crippen LogP contribution is -2.60. The van der Waals surface area contributed by atoms with Crippen LogP contribution in [0.2, 0.25) is 0 Å². The van der Waals surface area contributed by atoms with Crippen molar-refractivity contribution in [1.29, 1.82) is 0 Å². The minimum Gasteiger partial charge on any atom is -0.457 e. The van der Waals surface area contributed by atoms with Crippen LogP contribution in [-0.2, 0) is 44.5 Å². The Morgan fingerprint density at radius 2 is 1.68 bits per heavy atom. The van der Waals surface area contributed by atoms with Gasteiger partial charge < -0.3 is 38.6 Å². The smallest absolute Gasteiger partial charge is 0.410 e. The molecule has 3 fully saturated rings. The molecule has 3 aliphatic rings. The molecule has 13 atom stereocenters. The van der Waals surface area contributed by atoms with E-state index in [9.17, 15) is 24.3 Å². The lowest BCUT2D eigenvalue weighted by atomic mass is 9.73. The molecule has 1 aromatic carbocycles. The summed E-state index contributed by atoms with van der Waals surface area (Å²) >= 11 is 0. The van der Waals surface area contributed by atoms with E-state index in [1.165, 1.54) is 19.6 Å². The summed E-state index contributed by atoms with van der Waals surface area (Å²) in [5, 5.41) is 12.6. The highest BCUT2D eigenvalue weighted by Gasteiger charge is 2.60. The number of esters is 1. The number of likely N-dealkylation sites (N-methyl/N-ethyl adjacent to an activating group) is 1. The number of aryl methyl sites for hydroxylation is 1. The Hall–Kier alpha value is -3.49. The summed E-state index contributed by atoms with van der Waals surface area (Å²) < 4.78 is 31.6. The number of benzene rings is 1. The number of unbranched alkanes of at least 4 members (excludes halogenated alkanes) is 2. The maximum absolute atomic E-state index is 14.8. The van der Waals surface area contributed by atoms with Crippen molar-refractivity contribution in [3.8, 4) is 0 Å². The number of hydrogen-bond donors (Lipinski definition) is 1. The van der Waals surface area contributed by atoms with E-state index in [1.807, 2.05) is 77.2 Å². The van der Waals surface area contributed by atoms with Crippen molar-refractivity contribution in [3.05, 3.63) is 42.1 Å². The second-order valence-electron chi connectivity index (χ2n) is 18.1. The minimum atomic E-state index is -1.39. The van der Waals surface area contributed by atoms with Crippen molar-refractivity contribution in [2.24, 2.45) is 23.7 Å². The van der Waals surface area contributed by atoms with Gasteiger partial charge in [-0.2, -0.15) is 0 Å². The fourth-order valence-corrected chi connectivity index (χ4v) is 9.93. The van der Waals surface area contributed by atoms with Gasteiger partial charge in [0.05, 0.1) is 29.4 Å². The topological polar surface area (TPSA) is 154 Å². The van der Waals surface area contributed by atoms with Crippen LogP contribution < -0.4 is 0 Å². The molecular formula is C46H69N3O10. The first-order valence-corrected chi connectivity index (χ1v) is 21.7. The Morgan fingerprint density at radius 1 is 0.966 bits per heavy atom. The first-order valence-electron chi connectivity index (χ1n) is 21.7. The number of aliphatic hydroxyl groups excluding tert-OH is 1. The lowest BCUT2D eigenvalue weighted by Gasteiger charge is -2.47. The number of ether oxygens (including phenoxy) is 5. The van der Waals surface area contributed by atoms with Crippen molar-refractivity contribution >= 4 is 34.5 Å². The van der Waals surface area contributed by atoms with E-state index in [4.69, 9.17) is 23.7 Å². The van der Waals surface area contributed by atoms with Crippen LogP contribution in [0.1, 0.15) is 106 Å². The zero-order valence-corrected chi connectivity index (χ0v) is 37.1. The number of nitrogens with zero attached hydrogens (tertiary/aromatic N) is 3. The number of carbonyl (C=O) groups excluding carboxylic acids is 4. The highest BCUT2D eigenvalue weighted by atomic mass is 16.7. The van der Waals surface area contributed by atoms with E-state index in [2.05, 4.69) is 11.1 Å². The van der Waals surface area contributed by atoms with Crippen molar-refractivity contribution in [3.63, 3.8) is 0 Å². The highest BCUT2D eigenvalue weighted by Crippen LogP contribution is 2.43. The first-order chi connectivity index (χ1) is 27.9. The molecule has 3 aliphatic heterocycles. The Bertz CT molecular complexity index is 1780. The minimum absolute atomic E-state index is 0.130. The van der Waals surface area contributed by atoms with Crippen LogP contribution in [0, 0.1) is 23.7 Å². The summed E-state index contributed by atoms with van der Waals surface area (Å²) in [6.07, 6.45) is 1.57. The molecule has 0 aliphatic carbocycles. The standard InChI is InChI=1S/C46H69N3O10/c1-12-13-21-36-46(8)40(49(44(54)59-46)24-17-16-18-32-22-23-47-34-20-15-14-19-33(32)34)29(4)37(50)27(2)26-45(7,55-11)41(30(5)38(51)31(6)42(53)57-36)58-43-39(52)35(48(9)10)25-28(3)56-43/h14-15,19-20,22-23,27-31,35-36,39-41,43,52H,12-13,16-18,21,24-26H2,1-11H3/t27-,28-,29+,30+,31-,35+,36-,39-,40?,41-,43?,45+,46-/m1/s1. The summed E-state index contributed by atoms with van der Waals surface area (Å²) in [6.45, 7) is 14.7. The molecule has 0 radical (unpaired) electrons. The van der Waals surface area contributed by atoms with Crippen LogP contribution in [0.15, 0.2) is 36.5 Å². The summed E-state index contributed by atoms with van der Waals surface area (Å²) in [5.74, 6) is -4.86. The normalized spacial score (nSPS) is 36.4. The average Bonchev–Trinajstić information content (AvgIpc) is 3.47. The van der Waals surface area contributed by atoms with Crippen LogP contribution in [0.25, 0.3) is 10.9 Å². The molecule has 0 saturated carbocycles. The SMILES string of the molecule is CCCC[C@H]1OC(=O)[C@H](C)C(=O)[C@H](C)[C@@H](OC2O[C@H](C)C[C@H](N(C)C)[C@H]2O)[C@@](C)(OC)C[C@@H](C)C(=O)[C@H](C)C2N(CCCCc3ccnc4ccccc34)C(=O)O[C@@]21C. The van der Waals surface area contributed by atoms with Gasteiger partial charge in [-0.1, -0.05) is 52.3 Å². The Balaban J connectivity index is 1.49. The second kappa shape index (κ2) is 19.5. The monoisotopic (exact) mass is 823 g/mol. The number of para-hydroxylation sites is 1. The van der Waals surface area contributed by atoms with Crippen LogP contribution >= 0.6 is 0 Å². The molecule has 1 N–H and O–H groups in total. The molecule has 0 bridgehead atoms. The van der Waals surface area contributed by atoms with E-state index in [-0.39, 0.29) is 24.3 Å². The third-order valence-corrected chi connectivity index (χ3v) is 13.4. The quantitative estimate of drug-likeness (QED) is 0.141. The highest BCUT2D eigenvalue weighted by molar-refractivity contribution is 6.00. The number of hydrogen-bond acceptors (Lipinski definition) is 12. The summed E-state index contributed by atoms with van der Waals surface area (Å²) in [7, 11) is 5.27. The average molecular weight is 824 g/mol. The molecule has 2 aromatic rings. The lowest BCUT2D eigenvalue weighted by molar-refractivity contribution is -0.295. The molecule has 328 valence electrons. The third-order valence-electron chi connectivity index (χ3n) is 13.4. The van der Waals surface area contributed by atoms with Crippen molar-refractivity contribution in [1.82, 2.24) is 14.8 Å². The maximum Gasteiger partial charge on any atom is 0.410 e. The van der Waals surface area contributed by atoms with Gasteiger partial charge >= 0.3 is 12.1 Å². The number of cyclic esters (lactones) is 1. The number of Topliss-reactive ketones (excluding diaryl/α,β-unsaturated/α-hetero) is 2. The molecule has 2 unspecified atom stereocenters. The van der Waals surface area contributed by atoms with Gasteiger partial charge in [-0.05, 0) is 104 Å². The number of aliphatic hydroxyl groups is 1. The molecule has 5 rings (SSSR count). The van der Waals surface area contributed by atoms with Crippen LogP contribution in [0.4, 0.5) is 4.79 Å². The fourth-order valence-electron chi connectivity index (χ4n) is 9.93. The number of carbonyl (C=O) groups is 4. The van der Waals surface area contributed by atoms with Gasteiger partial charge in [0, 0.05) is 49.0 Å². The van der Waals surface area contributed by atoms with Crippen LogP contribution in [0.3, 0.4) is 0 Å². The maximum atomic E-state index is 14.8. The number of pyridine rings is 1. The van der Waals surface area contributed by atoms with E-state index >= 15 is 0 Å². The van der Waals surface area contributed by atoms with Gasteiger partial charge in [0.2, 0.25) is 0 Å². The van der Waals surface area contributed by atoms with Crippen molar-refractivity contribution < 1.29 is 48.0 Å². The Labute approximate surface area is 350 Å². The predicted octanol–water partition coefficient (Wildman–Crippen LogP) is 6.54. The predicted molar refractivity (Wildman–Crippen MR) is 223 cm³/mol. The van der Waals surface area contributed by atoms with Gasteiger partial charge in [-0.15, -0.1) is 0 Å². The molecule has 0 spiro atoms. The van der Waals surface area contributed by atoms with E-state index in [0.717, 1.165) is 30.2 Å². The molecule has 13 heteroatoms. The molecule has 3 saturated heterocycles. The van der Waals surface area contributed by atoms with E-state index in [0.29, 0.717) is 32.2 Å². The van der Waals surface area contributed by atoms with Gasteiger partial charge in [-0.25, -0.2) is 4.79 Å². The molecule has 13 nitrogen and oxygen atoms in total. The summed E-state index contributed by atoms with van der Waals surface area (Å²) in [6, 6.07) is 9.00. The fraction of sp³-hybridized carbons (Fsp3) is 0.717. The van der Waals surface area contributed by atoms with Crippen molar-refractivity contribution in [2.75, 3.05) is 27.7 Å². The van der Waals surface area contributed by atoms with E-state index in [1.54, 1.807) is 25.7 Å². The van der Waals surface area contributed by atoms with Gasteiger partial charge in [0.25, 0.3) is 0 Å². The van der Waals surface area contributed by atoms with Crippen molar-refractivity contribution in [2.45, 2.75) is 161 Å². The van der Waals surface area contributed by atoms with Crippen LogP contribution in [0.5, 0.6) is 0 Å². The molecule has 1 aromatic heterocycles. The number of fused-ring (bicyclic) bond motifs is 2. The molecular weight excluding hydrogens is 755 g/mol. The Kier molecular flexibility index (Phi) is 15.4. The van der Waals surface area contributed by atoms with E-state index < -0.39 is 83.4 Å². The zero-order chi connectivity index (χ0) is 43.4. The number of methoxy groups -OCH3 is 1. The molecule has 4 heterocycles. The largest absolute Gasteiger partial charge is 0.457 e. The molecule has 1 amide bonds. The number of rotatable bonds is 12. The molecule has 59 heavy (non-hydrogen) atoms. The number of aromatic nitrogens is 1. The first kappa shape index (κ1) is 46.6. The summed E-state index contributed by atoms with van der Waals surface area (Å²) in [5.41, 5.74) is -0.552. The zero-order valence-electron chi connectivity index (χ0n) is 37.1. The number of amides is 1.